The van der Waals surface area contributed by atoms with Gasteiger partial charge >= 0.3 is 0 Å². The molecule has 0 aliphatic heterocycles. The minimum atomic E-state index is 0.677. The molecule has 0 fully saturated rings. The number of benzene rings is 7. The van der Waals surface area contributed by atoms with Crippen LogP contribution in [0.5, 0.6) is 0 Å². The first-order chi connectivity index (χ1) is 23.2. The summed E-state index contributed by atoms with van der Waals surface area (Å²) in [4.78, 5) is 12.4. The fourth-order valence-corrected chi connectivity index (χ4v) is 6.71. The van der Waals surface area contributed by atoms with E-state index in [1.54, 1.807) is 0 Å². The van der Waals surface area contributed by atoms with Crippen molar-refractivity contribution in [2.75, 3.05) is 11.9 Å². The van der Waals surface area contributed by atoms with E-state index in [0.717, 1.165) is 72.2 Å². The SMILES string of the molecule is CN(c1cc(-c2ccccc2)nc(-c2ccccc2)n1)c1c(-c2ccc3ccccc3c2)ccc2oc3c4ccccc4ccc3c12. The van der Waals surface area contributed by atoms with Crippen LogP contribution >= 0.6 is 0 Å². The molecule has 0 atom stereocenters. The molecule has 7 aromatic carbocycles. The number of rotatable bonds is 5. The first-order valence-corrected chi connectivity index (χ1v) is 15.8. The molecule has 0 unspecified atom stereocenters. The van der Waals surface area contributed by atoms with Crippen LogP contribution < -0.4 is 4.90 Å². The fourth-order valence-electron chi connectivity index (χ4n) is 6.71. The average molecular weight is 604 g/mol. The van der Waals surface area contributed by atoms with Gasteiger partial charge in [0.1, 0.15) is 17.0 Å². The summed E-state index contributed by atoms with van der Waals surface area (Å²) in [5.41, 5.74) is 7.85. The predicted molar refractivity (Wildman–Crippen MR) is 195 cm³/mol. The summed E-state index contributed by atoms with van der Waals surface area (Å²) >= 11 is 0. The molecule has 47 heavy (non-hydrogen) atoms. The summed E-state index contributed by atoms with van der Waals surface area (Å²) in [7, 11) is 2.10. The molecule has 222 valence electrons. The van der Waals surface area contributed by atoms with Crippen molar-refractivity contribution < 1.29 is 4.42 Å². The Balaban J connectivity index is 1.34. The van der Waals surface area contributed by atoms with Gasteiger partial charge in [0.2, 0.25) is 0 Å². The molecule has 9 aromatic rings. The van der Waals surface area contributed by atoms with Gasteiger partial charge in [-0.2, -0.15) is 0 Å². The zero-order valence-corrected chi connectivity index (χ0v) is 25.8. The third-order valence-electron chi connectivity index (χ3n) is 9.05. The van der Waals surface area contributed by atoms with Gasteiger partial charge in [0.25, 0.3) is 0 Å². The molecule has 0 aliphatic carbocycles. The molecule has 0 N–H and O–H groups in total. The van der Waals surface area contributed by atoms with Crippen molar-refractivity contribution in [3.8, 4) is 33.8 Å². The van der Waals surface area contributed by atoms with Crippen molar-refractivity contribution in [3.63, 3.8) is 0 Å². The quantitative estimate of drug-likeness (QED) is 0.196. The highest BCUT2D eigenvalue weighted by atomic mass is 16.3. The summed E-state index contributed by atoms with van der Waals surface area (Å²) in [6, 6.07) is 54.8. The lowest BCUT2D eigenvalue weighted by atomic mass is 9.96. The van der Waals surface area contributed by atoms with Crippen LogP contribution in [-0.2, 0) is 0 Å². The van der Waals surface area contributed by atoms with Crippen LogP contribution in [0.4, 0.5) is 11.5 Å². The molecule has 4 nitrogen and oxygen atoms in total. The third-order valence-corrected chi connectivity index (χ3v) is 9.05. The lowest BCUT2D eigenvalue weighted by Crippen LogP contribution is -2.14. The maximum Gasteiger partial charge on any atom is 0.162 e. The molecule has 0 bridgehead atoms. The van der Waals surface area contributed by atoms with Gasteiger partial charge in [0.15, 0.2) is 5.82 Å². The largest absolute Gasteiger partial charge is 0.455 e. The van der Waals surface area contributed by atoms with Crippen molar-refractivity contribution in [1.29, 1.82) is 0 Å². The number of aromatic nitrogens is 2. The summed E-state index contributed by atoms with van der Waals surface area (Å²) in [5.74, 6) is 1.47. The maximum absolute atomic E-state index is 6.68. The number of fused-ring (bicyclic) bond motifs is 6. The Kier molecular flexibility index (Phi) is 6.32. The van der Waals surface area contributed by atoms with Crippen LogP contribution in [0.15, 0.2) is 162 Å². The number of hydrogen-bond donors (Lipinski definition) is 0. The lowest BCUT2D eigenvalue weighted by molar-refractivity contribution is 0.672. The van der Waals surface area contributed by atoms with E-state index in [1.165, 1.54) is 10.8 Å². The highest BCUT2D eigenvalue weighted by Crippen LogP contribution is 2.46. The summed E-state index contributed by atoms with van der Waals surface area (Å²) in [6.07, 6.45) is 0. The molecule has 0 saturated heterocycles. The van der Waals surface area contributed by atoms with Crippen molar-refractivity contribution in [2.45, 2.75) is 0 Å². The number of hydrogen-bond acceptors (Lipinski definition) is 4. The molecule has 2 heterocycles. The summed E-state index contributed by atoms with van der Waals surface area (Å²) in [6.45, 7) is 0. The van der Waals surface area contributed by atoms with E-state index < -0.39 is 0 Å². The molecule has 4 heteroatoms. The van der Waals surface area contributed by atoms with Crippen LogP contribution in [0.2, 0.25) is 0 Å². The molecule has 2 aromatic heterocycles. The van der Waals surface area contributed by atoms with Gasteiger partial charge in [-0.25, -0.2) is 9.97 Å². The zero-order chi connectivity index (χ0) is 31.3. The van der Waals surface area contributed by atoms with E-state index in [1.807, 2.05) is 36.4 Å². The Morgan fingerprint density at radius 2 is 1.19 bits per heavy atom. The van der Waals surface area contributed by atoms with Gasteiger partial charge < -0.3 is 9.32 Å². The fraction of sp³-hybridized carbons (Fsp3) is 0.0233. The Morgan fingerprint density at radius 1 is 0.511 bits per heavy atom. The highest BCUT2D eigenvalue weighted by molar-refractivity contribution is 6.21. The number of nitrogens with zero attached hydrogens (tertiary/aromatic N) is 3. The maximum atomic E-state index is 6.68. The smallest absolute Gasteiger partial charge is 0.162 e. The Hall–Kier alpha value is -6.26. The van der Waals surface area contributed by atoms with Gasteiger partial charge in [0, 0.05) is 40.6 Å². The molecule has 9 rings (SSSR count). The number of anilines is 2. The van der Waals surface area contributed by atoms with Gasteiger partial charge in [-0.3, -0.25) is 0 Å². The Bertz CT molecular complexity index is 2530. The van der Waals surface area contributed by atoms with E-state index in [9.17, 15) is 0 Å². The highest BCUT2D eigenvalue weighted by Gasteiger charge is 2.23. The standard InChI is InChI=1S/C43H29N3O/c1-46(39-27-37(30-14-4-2-5-15-30)44-43(45-39)31-16-6-3-7-17-31)41-34(33-21-20-28-12-8-9-18-32(28)26-33)24-25-38-40(41)36-23-22-29-13-10-11-19-35(29)42(36)47-38/h2-27H,1H3. The van der Waals surface area contributed by atoms with Gasteiger partial charge in [-0.05, 0) is 46.0 Å². The van der Waals surface area contributed by atoms with Crippen molar-refractivity contribution in [1.82, 2.24) is 9.97 Å². The van der Waals surface area contributed by atoms with Crippen LogP contribution in [0.25, 0.3) is 77.3 Å². The van der Waals surface area contributed by atoms with Crippen molar-refractivity contribution in [2.24, 2.45) is 0 Å². The van der Waals surface area contributed by atoms with Crippen LogP contribution in [-0.4, -0.2) is 17.0 Å². The molecular weight excluding hydrogens is 574 g/mol. The second-order valence-electron chi connectivity index (χ2n) is 11.9. The molecular formula is C43H29N3O. The van der Waals surface area contributed by atoms with E-state index in [4.69, 9.17) is 14.4 Å². The Morgan fingerprint density at radius 3 is 2.00 bits per heavy atom. The molecule has 0 radical (unpaired) electrons. The van der Waals surface area contributed by atoms with Crippen molar-refractivity contribution >= 4 is 55.0 Å². The molecule has 0 saturated carbocycles. The average Bonchev–Trinajstić information content (AvgIpc) is 3.54. The minimum absolute atomic E-state index is 0.677. The van der Waals surface area contributed by atoms with Gasteiger partial charge in [-0.1, -0.05) is 127 Å². The van der Waals surface area contributed by atoms with Crippen molar-refractivity contribution in [3.05, 3.63) is 158 Å². The minimum Gasteiger partial charge on any atom is -0.455 e. The van der Waals surface area contributed by atoms with Gasteiger partial charge in [0.05, 0.1) is 16.8 Å². The monoisotopic (exact) mass is 603 g/mol. The second kappa shape index (κ2) is 11.0. The predicted octanol–water partition coefficient (Wildman–Crippen LogP) is 11.5. The first-order valence-electron chi connectivity index (χ1n) is 15.8. The number of furan rings is 1. The molecule has 0 aliphatic rings. The van der Waals surface area contributed by atoms with E-state index in [0.29, 0.717) is 5.82 Å². The van der Waals surface area contributed by atoms with E-state index in [-0.39, 0.29) is 0 Å². The van der Waals surface area contributed by atoms with Gasteiger partial charge in [-0.15, -0.1) is 0 Å². The lowest BCUT2D eigenvalue weighted by Gasteiger charge is -2.24. The first kappa shape index (κ1) is 27.1. The normalized spacial score (nSPS) is 11.5. The summed E-state index contributed by atoms with van der Waals surface area (Å²) < 4.78 is 6.68. The summed E-state index contributed by atoms with van der Waals surface area (Å²) in [5, 5.41) is 6.79. The van der Waals surface area contributed by atoms with E-state index in [2.05, 4.69) is 133 Å². The van der Waals surface area contributed by atoms with E-state index >= 15 is 0 Å². The van der Waals surface area contributed by atoms with Crippen LogP contribution in [0.3, 0.4) is 0 Å². The topological polar surface area (TPSA) is 42.2 Å². The van der Waals surface area contributed by atoms with Crippen LogP contribution in [0, 0.1) is 0 Å². The van der Waals surface area contributed by atoms with Crippen LogP contribution in [0.1, 0.15) is 0 Å². The Labute approximate surface area is 272 Å². The second-order valence-corrected chi connectivity index (χ2v) is 11.9. The molecule has 0 amide bonds. The molecule has 0 spiro atoms. The third kappa shape index (κ3) is 4.62. The zero-order valence-electron chi connectivity index (χ0n) is 25.8.